The lowest BCUT2D eigenvalue weighted by atomic mass is 10.2. The summed E-state index contributed by atoms with van der Waals surface area (Å²) in [6.07, 6.45) is 3.29. The normalized spacial score (nSPS) is 13.2. The van der Waals surface area contributed by atoms with Gasteiger partial charge in [0.05, 0.1) is 17.0 Å². The van der Waals surface area contributed by atoms with E-state index in [1.165, 1.54) is 11.3 Å². The van der Waals surface area contributed by atoms with Gasteiger partial charge in [-0.3, -0.25) is 9.59 Å². The van der Waals surface area contributed by atoms with Crippen LogP contribution in [0.15, 0.2) is 11.4 Å². The van der Waals surface area contributed by atoms with E-state index in [2.05, 4.69) is 22.5 Å². The highest BCUT2D eigenvalue weighted by Crippen LogP contribution is 2.18. The average molecular weight is 305 g/mol. The second-order valence-electron chi connectivity index (χ2n) is 4.91. The van der Waals surface area contributed by atoms with Crippen molar-refractivity contribution in [3.8, 4) is 11.8 Å². The predicted molar refractivity (Wildman–Crippen MR) is 83.0 cm³/mol. The van der Waals surface area contributed by atoms with Gasteiger partial charge in [-0.1, -0.05) is 11.8 Å². The first-order valence-corrected chi connectivity index (χ1v) is 7.92. The van der Waals surface area contributed by atoms with Gasteiger partial charge in [-0.2, -0.15) is 0 Å². The number of amides is 2. The number of hydrogen-bond acceptors (Lipinski definition) is 4. The zero-order valence-corrected chi connectivity index (χ0v) is 12.6. The average Bonchev–Trinajstić information content (AvgIpc) is 3.15. The van der Waals surface area contributed by atoms with Crippen LogP contribution in [0, 0.1) is 11.8 Å². The van der Waals surface area contributed by atoms with Crippen molar-refractivity contribution < 1.29 is 9.59 Å². The second kappa shape index (κ2) is 7.81. The van der Waals surface area contributed by atoms with Crippen molar-refractivity contribution in [3.05, 3.63) is 21.9 Å². The van der Waals surface area contributed by atoms with E-state index in [1.807, 2.05) is 0 Å². The molecule has 1 aromatic heterocycles. The molecule has 0 saturated heterocycles. The summed E-state index contributed by atoms with van der Waals surface area (Å²) in [6, 6.07) is 2.15. The molecule has 1 aliphatic carbocycles. The van der Waals surface area contributed by atoms with E-state index in [0.29, 0.717) is 37.5 Å². The van der Waals surface area contributed by atoms with Crippen molar-refractivity contribution in [1.29, 1.82) is 0 Å². The minimum Gasteiger partial charge on any atom is -0.353 e. The predicted octanol–water partition coefficient (Wildman–Crippen LogP) is 0.847. The van der Waals surface area contributed by atoms with Crippen molar-refractivity contribution >= 4 is 23.2 Å². The Morgan fingerprint density at radius 2 is 2.24 bits per heavy atom. The van der Waals surface area contributed by atoms with E-state index >= 15 is 0 Å². The molecule has 112 valence electrons. The van der Waals surface area contributed by atoms with Gasteiger partial charge in [0, 0.05) is 24.4 Å². The number of thiophene rings is 1. The SMILES string of the molecule is NCC#Cc1cc(C(=O)NCCCC(=O)NC2CC2)cs1. The van der Waals surface area contributed by atoms with Crippen LogP contribution in [0.3, 0.4) is 0 Å². The number of hydrogen-bond donors (Lipinski definition) is 3. The van der Waals surface area contributed by atoms with E-state index < -0.39 is 0 Å². The molecule has 0 unspecified atom stereocenters. The maximum Gasteiger partial charge on any atom is 0.252 e. The quantitative estimate of drug-likeness (QED) is 0.538. The maximum atomic E-state index is 11.9. The van der Waals surface area contributed by atoms with E-state index in [4.69, 9.17) is 5.73 Å². The van der Waals surface area contributed by atoms with Crippen molar-refractivity contribution in [2.75, 3.05) is 13.1 Å². The van der Waals surface area contributed by atoms with Gasteiger partial charge in [0.2, 0.25) is 5.91 Å². The lowest BCUT2D eigenvalue weighted by Crippen LogP contribution is -2.28. The van der Waals surface area contributed by atoms with Gasteiger partial charge in [0.25, 0.3) is 5.91 Å². The summed E-state index contributed by atoms with van der Waals surface area (Å²) in [6.45, 7) is 0.804. The summed E-state index contributed by atoms with van der Waals surface area (Å²) in [5.41, 5.74) is 5.90. The lowest BCUT2D eigenvalue weighted by molar-refractivity contribution is -0.121. The molecule has 1 aliphatic rings. The Balaban J connectivity index is 1.66. The zero-order chi connectivity index (χ0) is 15.1. The van der Waals surface area contributed by atoms with Crippen molar-refractivity contribution in [2.45, 2.75) is 31.7 Å². The van der Waals surface area contributed by atoms with Gasteiger partial charge >= 0.3 is 0 Å². The fraction of sp³-hybridized carbons (Fsp3) is 0.467. The van der Waals surface area contributed by atoms with Gasteiger partial charge in [-0.05, 0) is 25.3 Å². The smallest absolute Gasteiger partial charge is 0.252 e. The summed E-state index contributed by atoms with van der Waals surface area (Å²) >= 11 is 1.42. The molecule has 0 spiro atoms. The van der Waals surface area contributed by atoms with E-state index in [0.717, 1.165) is 17.7 Å². The molecule has 2 rings (SSSR count). The largest absolute Gasteiger partial charge is 0.353 e. The van der Waals surface area contributed by atoms with Crippen LogP contribution in [-0.2, 0) is 4.79 Å². The second-order valence-corrected chi connectivity index (χ2v) is 5.82. The summed E-state index contributed by atoms with van der Waals surface area (Å²) in [7, 11) is 0. The van der Waals surface area contributed by atoms with E-state index in [-0.39, 0.29) is 11.8 Å². The molecule has 4 N–H and O–H groups in total. The van der Waals surface area contributed by atoms with Gasteiger partial charge in [-0.25, -0.2) is 0 Å². The Labute approximate surface area is 128 Å². The minimum atomic E-state index is -0.130. The molecular weight excluding hydrogens is 286 g/mol. The van der Waals surface area contributed by atoms with Crippen molar-refractivity contribution in [2.24, 2.45) is 5.73 Å². The monoisotopic (exact) mass is 305 g/mol. The van der Waals surface area contributed by atoms with E-state index in [9.17, 15) is 9.59 Å². The molecule has 0 bridgehead atoms. The van der Waals surface area contributed by atoms with Crippen LogP contribution in [0.4, 0.5) is 0 Å². The Hall–Kier alpha value is -1.84. The van der Waals surface area contributed by atoms with E-state index in [1.54, 1.807) is 11.4 Å². The summed E-state index contributed by atoms with van der Waals surface area (Å²) in [5.74, 6) is 5.59. The van der Waals surface area contributed by atoms with Gasteiger partial charge < -0.3 is 16.4 Å². The van der Waals surface area contributed by atoms with Crippen LogP contribution in [0.5, 0.6) is 0 Å². The van der Waals surface area contributed by atoms with Crippen LogP contribution < -0.4 is 16.4 Å². The Bertz CT molecular complexity index is 567. The molecule has 0 atom stereocenters. The third kappa shape index (κ3) is 5.58. The number of rotatable bonds is 6. The van der Waals surface area contributed by atoms with Crippen LogP contribution in [0.1, 0.15) is 40.9 Å². The number of nitrogens with one attached hydrogen (secondary N) is 2. The lowest BCUT2D eigenvalue weighted by Gasteiger charge is -2.04. The fourth-order valence-corrected chi connectivity index (χ4v) is 2.49. The summed E-state index contributed by atoms with van der Waals surface area (Å²) in [5, 5.41) is 7.50. The zero-order valence-electron chi connectivity index (χ0n) is 11.8. The highest BCUT2D eigenvalue weighted by Gasteiger charge is 2.22. The first-order chi connectivity index (χ1) is 10.2. The summed E-state index contributed by atoms with van der Waals surface area (Å²) in [4.78, 5) is 24.2. The third-order valence-electron chi connectivity index (χ3n) is 2.98. The first kappa shape index (κ1) is 15.5. The fourth-order valence-electron chi connectivity index (χ4n) is 1.74. The van der Waals surface area contributed by atoms with Crippen LogP contribution in [0.25, 0.3) is 0 Å². The molecule has 1 saturated carbocycles. The third-order valence-corrected chi connectivity index (χ3v) is 3.83. The number of nitrogens with two attached hydrogens (primary N) is 1. The topological polar surface area (TPSA) is 84.2 Å². The highest BCUT2D eigenvalue weighted by atomic mass is 32.1. The molecule has 1 heterocycles. The highest BCUT2D eigenvalue weighted by molar-refractivity contribution is 7.10. The minimum absolute atomic E-state index is 0.0710. The molecule has 0 aliphatic heterocycles. The molecule has 1 fully saturated rings. The van der Waals surface area contributed by atoms with Gasteiger partial charge in [0.1, 0.15) is 0 Å². The van der Waals surface area contributed by atoms with Crippen molar-refractivity contribution in [1.82, 2.24) is 10.6 Å². The Morgan fingerprint density at radius 3 is 2.95 bits per heavy atom. The van der Waals surface area contributed by atoms with Crippen molar-refractivity contribution in [3.63, 3.8) is 0 Å². The molecule has 2 amide bonds. The van der Waals surface area contributed by atoms with Gasteiger partial charge in [0.15, 0.2) is 0 Å². The van der Waals surface area contributed by atoms with Gasteiger partial charge in [-0.15, -0.1) is 11.3 Å². The number of carbonyl (C=O) groups is 2. The molecule has 1 aromatic rings. The first-order valence-electron chi connectivity index (χ1n) is 7.04. The molecule has 21 heavy (non-hydrogen) atoms. The molecule has 5 nitrogen and oxygen atoms in total. The molecule has 6 heteroatoms. The molecule has 0 radical (unpaired) electrons. The summed E-state index contributed by atoms with van der Waals surface area (Å²) < 4.78 is 0. The van der Waals surface area contributed by atoms with Crippen LogP contribution in [0.2, 0.25) is 0 Å². The molecular formula is C15H19N3O2S. The Morgan fingerprint density at radius 1 is 1.43 bits per heavy atom. The van der Waals surface area contributed by atoms with Crippen LogP contribution >= 0.6 is 11.3 Å². The standard InChI is InChI=1S/C15H19N3O2S/c16-7-1-3-13-9-11(10-21-13)15(20)17-8-2-4-14(19)18-12-5-6-12/h9-10,12H,2,4-8,16H2,(H,17,20)(H,18,19). The molecule has 0 aromatic carbocycles. The maximum absolute atomic E-state index is 11.9. The Kier molecular flexibility index (Phi) is 5.78. The number of carbonyl (C=O) groups excluding carboxylic acids is 2. The van der Waals surface area contributed by atoms with Crippen LogP contribution in [-0.4, -0.2) is 30.9 Å².